The van der Waals surface area contributed by atoms with E-state index in [0.29, 0.717) is 11.3 Å². The number of hydrogen-bond acceptors (Lipinski definition) is 3. The van der Waals surface area contributed by atoms with Gasteiger partial charge in [-0.05, 0) is 32.0 Å². The van der Waals surface area contributed by atoms with E-state index in [-0.39, 0.29) is 5.82 Å². The molecule has 2 aromatic rings. The lowest BCUT2D eigenvalue weighted by Crippen LogP contribution is -2.30. The highest BCUT2D eigenvalue weighted by molar-refractivity contribution is 5.79. The molecule has 5 heteroatoms. The molecule has 0 saturated carbocycles. The molecule has 19 heavy (non-hydrogen) atoms. The van der Waals surface area contributed by atoms with Crippen LogP contribution in [-0.2, 0) is 10.2 Å². The minimum absolute atomic E-state index is 0.153. The number of nitrogens with zero attached hydrogens (tertiary/aromatic N) is 2. The molecule has 98 valence electrons. The van der Waals surface area contributed by atoms with E-state index >= 15 is 0 Å². The maximum Gasteiger partial charge on any atom is 0.316 e. The van der Waals surface area contributed by atoms with Crippen LogP contribution >= 0.6 is 0 Å². The van der Waals surface area contributed by atoms with Crippen molar-refractivity contribution in [3.63, 3.8) is 0 Å². The van der Waals surface area contributed by atoms with Crippen LogP contribution in [0.2, 0.25) is 0 Å². The molecule has 0 unspecified atom stereocenters. The molecule has 1 heterocycles. The van der Waals surface area contributed by atoms with Crippen LogP contribution in [0.25, 0.3) is 11.3 Å². The summed E-state index contributed by atoms with van der Waals surface area (Å²) in [6.45, 7) is 3.02. The van der Waals surface area contributed by atoms with E-state index in [1.165, 1.54) is 26.1 Å². The van der Waals surface area contributed by atoms with Crippen molar-refractivity contribution in [2.24, 2.45) is 0 Å². The molecule has 0 aliphatic heterocycles. The zero-order chi connectivity index (χ0) is 14.0. The molecule has 1 aromatic heterocycles. The Morgan fingerprint density at radius 3 is 2.58 bits per heavy atom. The van der Waals surface area contributed by atoms with Crippen LogP contribution in [0.4, 0.5) is 4.39 Å². The molecule has 0 saturated heterocycles. The fraction of sp³-hybridized carbons (Fsp3) is 0.214. The third-order valence-corrected chi connectivity index (χ3v) is 2.90. The van der Waals surface area contributed by atoms with Gasteiger partial charge >= 0.3 is 5.97 Å². The second-order valence-corrected chi connectivity index (χ2v) is 4.68. The van der Waals surface area contributed by atoms with E-state index in [4.69, 9.17) is 5.11 Å². The number of rotatable bonds is 3. The van der Waals surface area contributed by atoms with Crippen molar-refractivity contribution in [1.29, 1.82) is 0 Å². The van der Waals surface area contributed by atoms with Crippen molar-refractivity contribution in [1.82, 2.24) is 9.97 Å². The second kappa shape index (κ2) is 4.76. The average Bonchev–Trinajstić information content (AvgIpc) is 2.39. The molecule has 0 fully saturated rings. The number of aliphatic carboxylic acids is 1. The number of carbonyl (C=O) groups is 1. The Labute approximate surface area is 110 Å². The SMILES string of the molecule is CC(C)(C(=O)O)c1nccc(-c2ccccc2F)n1. The molecule has 0 amide bonds. The Morgan fingerprint density at radius 1 is 1.26 bits per heavy atom. The third-order valence-electron chi connectivity index (χ3n) is 2.90. The molecule has 0 aliphatic carbocycles. The molecule has 0 atom stereocenters. The van der Waals surface area contributed by atoms with Gasteiger partial charge in [-0.3, -0.25) is 4.79 Å². The van der Waals surface area contributed by atoms with Crippen molar-refractivity contribution >= 4 is 5.97 Å². The minimum atomic E-state index is -1.22. The van der Waals surface area contributed by atoms with E-state index in [0.717, 1.165) is 0 Å². The van der Waals surface area contributed by atoms with E-state index in [1.807, 2.05) is 0 Å². The second-order valence-electron chi connectivity index (χ2n) is 4.68. The first-order chi connectivity index (χ1) is 8.93. The number of benzene rings is 1. The fourth-order valence-corrected chi connectivity index (χ4v) is 1.57. The van der Waals surface area contributed by atoms with Gasteiger partial charge in [-0.1, -0.05) is 12.1 Å². The summed E-state index contributed by atoms with van der Waals surface area (Å²) >= 11 is 0. The summed E-state index contributed by atoms with van der Waals surface area (Å²) in [4.78, 5) is 19.3. The van der Waals surface area contributed by atoms with Crippen LogP contribution in [-0.4, -0.2) is 21.0 Å². The summed E-state index contributed by atoms with van der Waals surface area (Å²) in [7, 11) is 0. The molecule has 0 bridgehead atoms. The van der Waals surface area contributed by atoms with Crippen LogP contribution in [0.1, 0.15) is 19.7 Å². The summed E-state index contributed by atoms with van der Waals surface area (Å²) < 4.78 is 13.7. The number of halogens is 1. The average molecular weight is 260 g/mol. The molecular weight excluding hydrogens is 247 g/mol. The molecule has 0 spiro atoms. The summed E-state index contributed by atoms with van der Waals surface area (Å²) in [5, 5.41) is 9.16. The first-order valence-electron chi connectivity index (χ1n) is 5.75. The van der Waals surface area contributed by atoms with E-state index in [2.05, 4.69) is 9.97 Å². The Kier molecular flexibility index (Phi) is 3.29. The van der Waals surface area contributed by atoms with Crippen molar-refractivity contribution in [2.45, 2.75) is 19.3 Å². The molecule has 0 aliphatic rings. The first-order valence-corrected chi connectivity index (χ1v) is 5.75. The van der Waals surface area contributed by atoms with Crippen LogP contribution in [0.5, 0.6) is 0 Å². The highest BCUT2D eigenvalue weighted by atomic mass is 19.1. The van der Waals surface area contributed by atoms with E-state index in [9.17, 15) is 9.18 Å². The van der Waals surface area contributed by atoms with Gasteiger partial charge in [0.05, 0.1) is 5.69 Å². The van der Waals surface area contributed by atoms with Gasteiger partial charge in [-0.15, -0.1) is 0 Å². The lowest BCUT2D eigenvalue weighted by atomic mass is 9.92. The van der Waals surface area contributed by atoms with Crippen molar-refractivity contribution in [3.8, 4) is 11.3 Å². The van der Waals surface area contributed by atoms with Crippen molar-refractivity contribution < 1.29 is 14.3 Å². The summed E-state index contributed by atoms with van der Waals surface area (Å²) in [6, 6.07) is 7.76. The van der Waals surface area contributed by atoms with Crippen LogP contribution in [0, 0.1) is 5.82 Å². The molecular formula is C14H13FN2O2. The van der Waals surface area contributed by atoms with E-state index in [1.54, 1.807) is 24.3 Å². The molecule has 1 N–H and O–H groups in total. The summed E-state index contributed by atoms with van der Waals surface area (Å²) in [6.07, 6.45) is 1.44. The Hall–Kier alpha value is -2.30. The highest BCUT2D eigenvalue weighted by Gasteiger charge is 2.32. The van der Waals surface area contributed by atoms with Gasteiger partial charge in [0.2, 0.25) is 0 Å². The lowest BCUT2D eigenvalue weighted by Gasteiger charge is -2.17. The Morgan fingerprint density at radius 2 is 1.95 bits per heavy atom. The Bertz CT molecular complexity index is 626. The maximum absolute atomic E-state index is 13.7. The van der Waals surface area contributed by atoms with Crippen LogP contribution < -0.4 is 0 Å². The number of hydrogen-bond donors (Lipinski definition) is 1. The molecule has 0 radical (unpaired) electrons. The largest absolute Gasteiger partial charge is 0.481 e. The van der Waals surface area contributed by atoms with Crippen LogP contribution in [0.3, 0.4) is 0 Å². The third kappa shape index (κ3) is 2.45. The quantitative estimate of drug-likeness (QED) is 0.921. The first kappa shape index (κ1) is 13.1. The minimum Gasteiger partial charge on any atom is -0.481 e. The van der Waals surface area contributed by atoms with Gasteiger partial charge < -0.3 is 5.11 Å². The fourth-order valence-electron chi connectivity index (χ4n) is 1.57. The normalized spacial score (nSPS) is 11.3. The number of carboxylic acid groups (broad SMARTS) is 1. The molecule has 4 nitrogen and oxygen atoms in total. The van der Waals surface area contributed by atoms with Gasteiger partial charge in [-0.2, -0.15) is 0 Å². The Balaban J connectivity index is 2.52. The zero-order valence-electron chi connectivity index (χ0n) is 10.6. The maximum atomic E-state index is 13.7. The zero-order valence-corrected chi connectivity index (χ0v) is 10.6. The van der Waals surface area contributed by atoms with E-state index < -0.39 is 17.2 Å². The smallest absolute Gasteiger partial charge is 0.316 e. The summed E-state index contributed by atoms with van der Waals surface area (Å²) in [5.41, 5.74) is -0.522. The highest BCUT2D eigenvalue weighted by Crippen LogP contribution is 2.24. The predicted molar refractivity (Wildman–Crippen MR) is 68.1 cm³/mol. The van der Waals surface area contributed by atoms with Gasteiger partial charge in [0.25, 0.3) is 0 Å². The van der Waals surface area contributed by atoms with Gasteiger partial charge in [0, 0.05) is 11.8 Å². The molecule has 2 rings (SSSR count). The van der Waals surface area contributed by atoms with Gasteiger partial charge in [0.1, 0.15) is 17.1 Å². The number of carboxylic acids is 1. The van der Waals surface area contributed by atoms with Crippen molar-refractivity contribution in [2.75, 3.05) is 0 Å². The standard InChI is InChI=1S/C14H13FN2O2/c1-14(2,13(18)19)12-16-8-7-11(17-12)9-5-3-4-6-10(9)15/h3-8H,1-2H3,(H,18,19). The molecule has 1 aromatic carbocycles. The van der Waals surface area contributed by atoms with Gasteiger partial charge in [0.15, 0.2) is 0 Å². The monoisotopic (exact) mass is 260 g/mol. The number of aromatic nitrogens is 2. The summed E-state index contributed by atoms with van der Waals surface area (Å²) in [5.74, 6) is -1.28. The topological polar surface area (TPSA) is 63.1 Å². The predicted octanol–water partition coefficient (Wildman–Crippen LogP) is 2.64. The van der Waals surface area contributed by atoms with Gasteiger partial charge in [-0.25, -0.2) is 14.4 Å². The van der Waals surface area contributed by atoms with Crippen LogP contribution in [0.15, 0.2) is 36.5 Å². The lowest BCUT2D eigenvalue weighted by molar-refractivity contribution is -0.142. The van der Waals surface area contributed by atoms with Crippen molar-refractivity contribution in [3.05, 3.63) is 48.2 Å².